The van der Waals surface area contributed by atoms with Gasteiger partial charge in [0, 0.05) is 17.7 Å². The monoisotopic (exact) mass is 419 g/mol. The zero-order valence-corrected chi connectivity index (χ0v) is 17.6. The van der Waals surface area contributed by atoms with Crippen LogP contribution < -0.4 is 5.09 Å². The molecule has 142 valence electrons. The van der Waals surface area contributed by atoms with Crippen LogP contribution in [0, 0.1) is 0 Å². The van der Waals surface area contributed by atoms with Gasteiger partial charge >= 0.3 is 0 Å². The molecule has 3 rings (SSSR count). The summed E-state index contributed by atoms with van der Waals surface area (Å²) in [6.45, 7) is 0. The predicted octanol–water partition coefficient (Wildman–Crippen LogP) is 7.66. The molecular formula is C22H24Cl2NOP. The van der Waals surface area contributed by atoms with Gasteiger partial charge in [0.25, 0.3) is 0 Å². The normalized spacial score (nSPS) is 18.9. The Morgan fingerprint density at radius 2 is 1.26 bits per heavy atom. The summed E-state index contributed by atoms with van der Waals surface area (Å²) in [5.74, 6) is 3.29. The minimum absolute atomic E-state index is 0.220. The molecule has 1 atom stereocenters. The maximum atomic E-state index is 13.8. The van der Waals surface area contributed by atoms with E-state index in [0.29, 0.717) is 10.1 Å². The molecule has 0 aromatic heterocycles. The molecule has 0 spiro atoms. The Bertz CT molecular complexity index is 784. The fourth-order valence-electron chi connectivity index (χ4n) is 3.31. The van der Waals surface area contributed by atoms with Crippen LogP contribution in [0.5, 0.6) is 0 Å². The number of nitrogens with one attached hydrogen (secondary N) is 1. The van der Waals surface area contributed by atoms with E-state index in [-0.39, 0.29) is 6.04 Å². The van der Waals surface area contributed by atoms with Crippen molar-refractivity contribution in [1.82, 2.24) is 5.09 Å². The van der Waals surface area contributed by atoms with Gasteiger partial charge in [-0.25, -0.2) is 0 Å². The maximum absolute atomic E-state index is 13.8. The van der Waals surface area contributed by atoms with Crippen molar-refractivity contribution in [3.05, 3.63) is 83.4 Å². The van der Waals surface area contributed by atoms with E-state index in [1.165, 1.54) is 6.42 Å². The molecule has 0 aliphatic heterocycles. The van der Waals surface area contributed by atoms with Crippen LogP contribution in [-0.2, 0) is 4.57 Å². The Balaban J connectivity index is 1.94. The van der Waals surface area contributed by atoms with E-state index in [2.05, 4.69) is 5.09 Å². The van der Waals surface area contributed by atoms with Crippen molar-refractivity contribution in [1.29, 1.82) is 0 Å². The van der Waals surface area contributed by atoms with Crippen molar-refractivity contribution in [3.63, 3.8) is 0 Å². The molecule has 1 aliphatic carbocycles. The Morgan fingerprint density at radius 1 is 0.815 bits per heavy atom. The Kier molecular flexibility index (Phi) is 7.38. The van der Waals surface area contributed by atoms with Crippen molar-refractivity contribution in [2.75, 3.05) is 0 Å². The van der Waals surface area contributed by atoms with Gasteiger partial charge in [0.15, 0.2) is 7.29 Å². The van der Waals surface area contributed by atoms with Crippen LogP contribution in [0.25, 0.3) is 10.1 Å². The van der Waals surface area contributed by atoms with Gasteiger partial charge in [-0.2, -0.15) is 0 Å². The van der Waals surface area contributed by atoms with Crippen LogP contribution in [0.1, 0.15) is 43.2 Å². The summed E-state index contributed by atoms with van der Waals surface area (Å²) < 4.78 is 13.8. The molecule has 0 saturated heterocycles. The molecule has 27 heavy (non-hydrogen) atoms. The van der Waals surface area contributed by atoms with E-state index in [1.54, 1.807) is 11.6 Å². The Morgan fingerprint density at radius 3 is 1.70 bits per heavy atom. The highest BCUT2D eigenvalue weighted by Gasteiger charge is 2.24. The minimum Gasteiger partial charge on any atom is -0.298 e. The summed E-state index contributed by atoms with van der Waals surface area (Å²) in [7, 11) is -3.07. The van der Waals surface area contributed by atoms with Crippen molar-refractivity contribution in [3.8, 4) is 0 Å². The molecule has 0 bridgehead atoms. The lowest BCUT2D eigenvalue weighted by Gasteiger charge is -2.26. The first-order valence-electron chi connectivity index (χ1n) is 9.30. The first-order valence-corrected chi connectivity index (χ1v) is 11.9. The van der Waals surface area contributed by atoms with Crippen LogP contribution in [-0.4, -0.2) is 6.04 Å². The molecule has 0 radical (unpaired) electrons. The lowest BCUT2D eigenvalue weighted by molar-refractivity contribution is 0.414. The van der Waals surface area contributed by atoms with Gasteiger partial charge in [-0.3, -0.25) is 9.65 Å². The molecule has 2 aromatic carbocycles. The van der Waals surface area contributed by atoms with E-state index >= 15 is 0 Å². The molecule has 1 aliphatic rings. The van der Waals surface area contributed by atoms with Crippen molar-refractivity contribution in [2.45, 2.75) is 38.1 Å². The van der Waals surface area contributed by atoms with E-state index in [4.69, 9.17) is 23.2 Å². The largest absolute Gasteiger partial charge is 0.298 e. The molecule has 2 nitrogen and oxygen atoms in total. The lowest BCUT2D eigenvalue weighted by Crippen LogP contribution is -2.27. The fraction of sp³-hybridized carbons (Fsp3) is 0.273. The Hall–Kier alpha value is -1.31. The summed E-state index contributed by atoms with van der Waals surface area (Å²) in [6.07, 6.45) is 5.60. The third-order valence-electron chi connectivity index (χ3n) is 4.70. The second-order valence-electron chi connectivity index (χ2n) is 6.86. The standard InChI is InChI=1S/C22H24Cl2NOP/c23-21(18-10-4-1-5-11-18)16-27(26,25-20-14-8-3-9-15-20)17-22(24)19-12-6-2-7-13-19/h1-2,4-7,10-13,16-17,20H,3,8-9,14-15H2,(H,25,26)/b21-16-,22-17+. The third kappa shape index (κ3) is 6.09. The van der Waals surface area contributed by atoms with Gasteiger partial charge in [-0.1, -0.05) is 103 Å². The quantitative estimate of drug-likeness (QED) is 0.486. The number of halogens is 2. The first-order chi connectivity index (χ1) is 13.1. The van der Waals surface area contributed by atoms with Crippen LogP contribution in [0.3, 0.4) is 0 Å². The van der Waals surface area contributed by atoms with Gasteiger partial charge in [0.1, 0.15) is 0 Å². The van der Waals surface area contributed by atoms with E-state index in [9.17, 15) is 4.57 Å². The second-order valence-corrected chi connectivity index (χ2v) is 9.87. The highest BCUT2D eigenvalue weighted by molar-refractivity contribution is 7.68. The number of rotatable bonds is 6. The maximum Gasteiger partial charge on any atom is 0.193 e. The SMILES string of the molecule is O=P(/C=C(\Cl)c1ccccc1)(/C=C(/Cl)c1ccccc1)NC1CCCCC1. The van der Waals surface area contributed by atoms with E-state index in [1.807, 2.05) is 60.7 Å². The van der Waals surface area contributed by atoms with Crippen LogP contribution >= 0.6 is 30.5 Å². The molecule has 0 heterocycles. The predicted molar refractivity (Wildman–Crippen MR) is 118 cm³/mol. The summed E-state index contributed by atoms with van der Waals surface area (Å²) >= 11 is 13.0. The smallest absolute Gasteiger partial charge is 0.193 e. The summed E-state index contributed by atoms with van der Waals surface area (Å²) in [4.78, 5) is 0. The fourth-order valence-corrected chi connectivity index (χ4v) is 6.46. The molecule has 2 aromatic rings. The number of hydrogen-bond donors (Lipinski definition) is 1. The molecule has 1 fully saturated rings. The molecular weight excluding hydrogens is 396 g/mol. The molecule has 1 N–H and O–H groups in total. The van der Waals surface area contributed by atoms with Crippen molar-refractivity contribution in [2.24, 2.45) is 0 Å². The molecule has 0 amide bonds. The van der Waals surface area contributed by atoms with Crippen molar-refractivity contribution < 1.29 is 4.57 Å². The van der Waals surface area contributed by atoms with Gasteiger partial charge in [-0.15, -0.1) is 0 Å². The summed E-state index contributed by atoms with van der Waals surface area (Å²) in [5, 5.41) is 4.30. The molecule has 1 saturated carbocycles. The van der Waals surface area contributed by atoms with E-state index < -0.39 is 7.29 Å². The average Bonchev–Trinajstić information content (AvgIpc) is 2.69. The average molecular weight is 420 g/mol. The summed E-state index contributed by atoms with van der Waals surface area (Å²) in [5.41, 5.74) is 1.68. The lowest BCUT2D eigenvalue weighted by atomic mass is 9.96. The second kappa shape index (κ2) is 9.75. The third-order valence-corrected chi connectivity index (χ3v) is 7.71. The van der Waals surface area contributed by atoms with Gasteiger partial charge in [0.05, 0.1) is 10.1 Å². The number of hydrogen-bond acceptors (Lipinski definition) is 1. The van der Waals surface area contributed by atoms with Crippen molar-refractivity contribution >= 4 is 40.6 Å². The minimum atomic E-state index is -3.07. The van der Waals surface area contributed by atoms with Crippen LogP contribution in [0.15, 0.2) is 72.3 Å². The molecule has 1 unspecified atom stereocenters. The highest BCUT2D eigenvalue weighted by atomic mass is 35.5. The van der Waals surface area contributed by atoms with Gasteiger partial charge < -0.3 is 0 Å². The molecule has 5 heteroatoms. The zero-order chi connectivity index (χ0) is 19.1. The van der Waals surface area contributed by atoms with E-state index in [0.717, 1.165) is 36.8 Å². The van der Waals surface area contributed by atoms with Crippen LogP contribution in [0.2, 0.25) is 0 Å². The number of benzene rings is 2. The van der Waals surface area contributed by atoms with Gasteiger partial charge in [-0.05, 0) is 24.0 Å². The summed E-state index contributed by atoms with van der Waals surface area (Å²) in [6, 6.07) is 19.4. The topological polar surface area (TPSA) is 29.1 Å². The van der Waals surface area contributed by atoms with Gasteiger partial charge in [0.2, 0.25) is 0 Å². The Labute approximate surface area is 171 Å². The van der Waals surface area contributed by atoms with Crippen LogP contribution in [0.4, 0.5) is 0 Å². The zero-order valence-electron chi connectivity index (χ0n) is 15.2. The highest BCUT2D eigenvalue weighted by Crippen LogP contribution is 2.51. The first kappa shape index (κ1) is 20.4.